The zero-order valence-corrected chi connectivity index (χ0v) is 11.9. The van der Waals surface area contributed by atoms with E-state index in [0.717, 1.165) is 24.0 Å². The molecule has 94 valence electrons. The van der Waals surface area contributed by atoms with Gasteiger partial charge in [0.1, 0.15) is 0 Å². The van der Waals surface area contributed by atoms with Gasteiger partial charge in [-0.2, -0.15) is 0 Å². The molecule has 0 aliphatic carbocycles. The highest BCUT2D eigenvalue weighted by atomic mass is 79.9. The van der Waals surface area contributed by atoms with Crippen molar-refractivity contribution in [3.63, 3.8) is 0 Å². The summed E-state index contributed by atoms with van der Waals surface area (Å²) in [5.74, 6) is 0.550. The molecular formula is C13H19BrN2O. The Morgan fingerprint density at radius 3 is 3.06 bits per heavy atom. The van der Waals surface area contributed by atoms with Gasteiger partial charge in [-0.25, -0.2) is 0 Å². The molecule has 1 aromatic heterocycles. The van der Waals surface area contributed by atoms with Crippen LogP contribution in [-0.2, 0) is 4.74 Å². The van der Waals surface area contributed by atoms with Crippen molar-refractivity contribution in [2.75, 3.05) is 13.2 Å². The summed E-state index contributed by atoms with van der Waals surface area (Å²) >= 11 is 3.46. The van der Waals surface area contributed by atoms with E-state index in [1.165, 1.54) is 5.56 Å². The molecule has 3 nitrogen and oxygen atoms in total. The lowest BCUT2D eigenvalue weighted by molar-refractivity contribution is 0.0897. The van der Waals surface area contributed by atoms with Gasteiger partial charge in [0.15, 0.2) is 0 Å². The summed E-state index contributed by atoms with van der Waals surface area (Å²) in [6, 6.07) is 2.63. The van der Waals surface area contributed by atoms with E-state index in [1.54, 1.807) is 6.20 Å². The van der Waals surface area contributed by atoms with E-state index in [1.807, 2.05) is 6.20 Å². The standard InChI is InChI=1S/C13H19BrN2O/c1-9(2)16-7-10-3-4-17-13(10)11-5-12(14)8-15-6-11/h5-6,8-10,13,16H,3-4,7H2,1-2H3. The van der Waals surface area contributed by atoms with Crippen LogP contribution >= 0.6 is 15.9 Å². The summed E-state index contributed by atoms with van der Waals surface area (Å²) in [7, 11) is 0. The molecule has 4 heteroatoms. The molecule has 0 spiro atoms. The smallest absolute Gasteiger partial charge is 0.0881 e. The van der Waals surface area contributed by atoms with E-state index < -0.39 is 0 Å². The van der Waals surface area contributed by atoms with Crippen LogP contribution in [-0.4, -0.2) is 24.2 Å². The largest absolute Gasteiger partial charge is 0.373 e. The quantitative estimate of drug-likeness (QED) is 0.928. The van der Waals surface area contributed by atoms with Gasteiger partial charge in [0.2, 0.25) is 0 Å². The van der Waals surface area contributed by atoms with Gasteiger partial charge in [0.05, 0.1) is 6.10 Å². The molecular weight excluding hydrogens is 280 g/mol. The summed E-state index contributed by atoms with van der Waals surface area (Å²) < 4.78 is 6.85. The summed E-state index contributed by atoms with van der Waals surface area (Å²) in [5, 5.41) is 3.49. The van der Waals surface area contributed by atoms with Crippen LogP contribution in [0.5, 0.6) is 0 Å². The average molecular weight is 299 g/mol. The highest BCUT2D eigenvalue weighted by Gasteiger charge is 2.29. The van der Waals surface area contributed by atoms with Gasteiger partial charge in [-0.05, 0) is 28.4 Å². The first-order valence-corrected chi connectivity index (χ1v) is 6.91. The summed E-state index contributed by atoms with van der Waals surface area (Å²) in [6.45, 7) is 6.20. The van der Waals surface area contributed by atoms with E-state index >= 15 is 0 Å². The fourth-order valence-electron chi connectivity index (χ4n) is 2.18. The third kappa shape index (κ3) is 3.50. The molecule has 0 amide bonds. The topological polar surface area (TPSA) is 34.1 Å². The first-order chi connectivity index (χ1) is 8.16. The Labute approximate surface area is 111 Å². The lowest BCUT2D eigenvalue weighted by atomic mass is 9.96. The van der Waals surface area contributed by atoms with Crippen LogP contribution in [0.3, 0.4) is 0 Å². The minimum atomic E-state index is 0.186. The number of pyridine rings is 1. The van der Waals surface area contributed by atoms with Crippen molar-refractivity contribution < 1.29 is 4.74 Å². The number of rotatable bonds is 4. The number of ether oxygens (including phenoxy) is 1. The number of halogens is 1. The zero-order valence-electron chi connectivity index (χ0n) is 10.3. The van der Waals surface area contributed by atoms with Crippen molar-refractivity contribution in [2.24, 2.45) is 5.92 Å². The highest BCUT2D eigenvalue weighted by Crippen LogP contribution is 2.34. The monoisotopic (exact) mass is 298 g/mol. The van der Waals surface area contributed by atoms with Gasteiger partial charge >= 0.3 is 0 Å². The lowest BCUT2D eigenvalue weighted by Crippen LogP contribution is -2.30. The van der Waals surface area contributed by atoms with Crippen molar-refractivity contribution in [1.82, 2.24) is 10.3 Å². The number of nitrogens with zero attached hydrogens (tertiary/aromatic N) is 1. The maximum absolute atomic E-state index is 5.84. The van der Waals surface area contributed by atoms with Crippen LogP contribution in [0, 0.1) is 5.92 Å². The molecule has 17 heavy (non-hydrogen) atoms. The minimum absolute atomic E-state index is 0.186. The van der Waals surface area contributed by atoms with Crippen molar-refractivity contribution in [3.05, 3.63) is 28.5 Å². The van der Waals surface area contributed by atoms with Gasteiger partial charge in [0, 0.05) is 47.5 Å². The number of hydrogen-bond acceptors (Lipinski definition) is 3. The van der Waals surface area contributed by atoms with Crippen molar-refractivity contribution >= 4 is 15.9 Å². The van der Waals surface area contributed by atoms with Gasteiger partial charge in [-0.1, -0.05) is 13.8 Å². The van der Waals surface area contributed by atoms with Crippen molar-refractivity contribution in [2.45, 2.75) is 32.4 Å². The zero-order chi connectivity index (χ0) is 12.3. The second kappa shape index (κ2) is 5.94. The van der Waals surface area contributed by atoms with Crippen molar-refractivity contribution in [1.29, 1.82) is 0 Å². The van der Waals surface area contributed by atoms with E-state index in [-0.39, 0.29) is 6.10 Å². The van der Waals surface area contributed by atoms with Gasteiger partial charge in [-0.3, -0.25) is 4.98 Å². The van der Waals surface area contributed by atoms with Crippen molar-refractivity contribution in [3.8, 4) is 0 Å². The third-order valence-electron chi connectivity index (χ3n) is 3.06. The molecule has 2 rings (SSSR count). The maximum atomic E-state index is 5.84. The molecule has 1 N–H and O–H groups in total. The van der Waals surface area contributed by atoms with E-state index in [4.69, 9.17) is 4.74 Å². The second-order valence-electron chi connectivity index (χ2n) is 4.84. The molecule has 0 aromatic carbocycles. The Kier molecular flexibility index (Phi) is 4.54. The van der Waals surface area contributed by atoms with Crippen LogP contribution in [0.25, 0.3) is 0 Å². The molecule has 0 saturated carbocycles. The Balaban J connectivity index is 2.04. The lowest BCUT2D eigenvalue weighted by Gasteiger charge is -2.20. The van der Waals surface area contributed by atoms with E-state index in [0.29, 0.717) is 12.0 Å². The molecule has 1 aliphatic rings. The molecule has 2 unspecified atom stereocenters. The van der Waals surface area contributed by atoms with Crippen LogP contribution in [0.4, 0.5) is 0 Å². The van der Waals surface area contributed by atoms with Crippen LogP contribution in [0.1, 0.15) is 31.9 Å². The fraction of sp³-hybridized carbons (Fsp3) is 0.615. The first-order valence-electron chi connectivity index (χ1n) is 6.12. The third-order valence-corrected chi connectivity index (χ3v) is 3.49. The molecule has 0 radical (unpaired) electrons. The van der Waals surface area contributed by atoms with Crippen LogP contribution in [0.15, 0.2) is 22.9 Å². The molecule has 0 bridgehead atoms. The molecule has 1 saturated heterocycles. The summed E-state index contributed by atoms with van der Waals surface area (Å²) in [5.41, 5.74) is 1.17. The van der Waals surface area contributed by atoms with Gasteiger partial charge in [0.25, 0.3) is 0 Å². The second-order valence-corrected chi connectivity index (χ2v) is 5.76. The SMILES string of the molecule is CC(C)NCC1CCOC1c1cncc(Br)c1. The average Bonchev–Trinajstić information content (AvgIpc) is 2.74. The van der Waals surface area contributed by atoms with Gasteiger partial charge in [-0.15, -0.1) is 0 Å². The Bertz CT molecular complexity index is 370. The number of hydrogen-bond donors (Lipinski definition) is 1. The Morgan fingerprint density at radius 1 is 1.53 bits per heavy atom. The Morgan fingerprint density at radius 2 is 2.35 bits per heavy atom. The van der Waals surface area contributed by atoms with Crippen LogP contribution in [0.2, 0.25) is 0 Å². The molecule has 2 atom stereocenters. The molecule has 1 aromatic rings. The number of aromatic nitrogens is 1. The molecule has 2 heterocycles. The predicted octanol–water partition coefficient (Wildman–Crippen LogP) is 2.92. The molecule has 1 fully saturated rings. The predicted molar refractivity (Wildman–Crippen MR) is 71.9 cm³/mol. The summed E-state index contributed by atoms with van der Waals surface area (Å²) in [6.07, 6.45) is 5.02. The van der Waals surface area contributed by atoms with E-state index in [2.05, 4.69) is 46.1 Å². The highest BCUT2D eigenvalue weighted by molar-refractivity contribution is 9.10. The van der Waals surface area contributed by atoms with Gasteiger partial charge < -0.3 is 10.1 Å². The van der Waals surface area contributed by atoms with Crippen LogP contribution < -0.4 is 5.32 Å². The maximum Gasteiger partial charge on any atom is 0.0881 e. The Hall–Kier alpha value is -0.450. The molecule has 1 aliphatic heterocycles. The summed E-state index contributed by atoms with van der Waals surface area (Å²) in [4.78, 5) is 4.21. The number of nitrogens with one attached hydrogen (secondary N) is 1. The first kappa shape index (κ1) is 13.0. The van der Waals surface area contributed by atoms with E-state index in [9.17, 15) is 0 Å². The normalized spacial score (nSPS) is 24.5. The minimum Gasteiger partial charge on any atom is -0.373 e. The fourth-order valence-corrected chi connectivity index (χ4v) is 2.56.